The normalized spacial score (nSPS) is 16.8. The van der Waals surface area contributed by atoms with Crippen LogP contribution in [0.25, 0.3) is 11.0 Å². The van der Waals surface area contributed by atoms with Crippen LogP contribution in [0.5, 0.6) is 0 Å². The number of piperidine rings is 1. The number of ether oxygens (including phenoxy) is 1. The highest BCUT2D eigenvalue weighted by Crippen LogP contribution is 2.33. The lowest BCUT2D eigenvalue weighted by Gasteiger charge is -2.31. The molecule has 1 atom stereocenters. The lowest BCUT2D eigenvalue weighted by molar-refractivity contribution is -0.121. The van der Waals surface area contributed by atoms with E-state index in [2.05, 4.69) is 21.2 Å². The molecule has 1 aromatic carbocycles. The molecule has 9 heteroatoms. The van der Waals surface area contributed by atoms with E-state index in [1.807, 2.05) is 13.8 Å². The number of anilines is 1. The topological polar surface area (TPSA) is 115 Å². The van der Waals surface area contributed by atoms with Crippen molar-refractivity contribution in [2.24, 2.45) is 17.6 Å². The number of furan rings is 1. The van der Waals surface area contributed by atoms with Crippen molar-refractivity contribution in [1.82, 2.24) is 4.90 Å². The molecule has 2 aromatic rings. The fourth-order valence-electron chi connectivity index (χ4n) is 3.28. The summed E-state index contributed by atoms with van der Waals surface area (Å²) in [6, 6.07) is 5.20. The molecular weight excluding hydrogens is 442 g/mol. The molecule has 29 heavy (non-hydrogen) atoms. The first-order valence-corrected chi connectivity index (χ1v) is 10.3. The molecule has 2 heterocycles. The molecule has 3 N–H and O–H groups in total. The minimum absolute atomic E-state index is 0.101. The number of primary amides is 1. The second-order valence-corrected chi connectivity index (χ2v) is 8.47. The van der Waals surface area contributed by atoms with Gasteiger partial charge in [0.1, 0.15) is 11.3 Å². The number of carbonyl (C=O) groups excluding carboxylic acids is 3. The SMILES string of the molecule is CC(C)COC(=O)N1CCCC(C(=O)Nc2c(C(N)=O)oc3ccc(Br)cc23)C1. The number of amides is 3. The van der Waals surface area contributed by atoms with Gasteiger partial charge in [-0.15, -0.1) is 0 Å². The predicted molar refractivity (Wildman–Crippen MR) is 112 cm³/mol. The van der Waals surface area contributed by atoms with Crippen LogP contribution < -0.4 is 11.1 Å². The minimum Gasteiger partial charge on any atom is -0.449 e. The summed E-state index contributed by atoms with van der Waals surface area (Å²) in [5.74, 6) is -1.35. The van der Waals surface area contributed by atoms with Crippen molar-refractivity contribution in [3.05, 3.63) is 28.4 Å². The van der Waals surface area contributed by atoms with E-state index in [0.717, 1.165) is 4.47 Å². The number of rotatable bonds is 5. The lowest BCUT2D eigenvalue weighted by Crippen LogP contribution is -2.44. The minimum atomic E-state index is -0.768. The smallest absolute Gasteiger partial charge is 0.409 e. The Morgan fingerprint density at radius 2 is 2.14 bits per heavy atom. The first-order valence-electron chi connectivity index (χ1n) is 9.50. The van der Waals surface area contributed by atoms with Gasteiger partial charge in [-0.25, -0.2) is 4.79 Å². The first-order chi connectivity index (χ1) is 13.8. The molecule has 1 aliphatic rings. The second-order valence-electron chi connectivity index (χ2n) is 7.56. The Morgan fingerprint density at radius 3 is 2.83 bits per heavy atom. The van der Waals surface area contributed by atoms with Crippen molar-refractivity contribution in [3.63, 3.8) is 0 Å². The van der Waals surface area contributed by atoms with E-state index in [1.165, 1.54) is 0 Å². The zero-order valence-corrected chi connectivity index (χ0v) is 18.0. The largest absolute Gasteiger partial charge is 0.449 e. The molecule has 3 amide bonds. The number of nitrogens with zero attached hydrogens (tertiary/aromatic N) is 1. The molecule has 3 rings (SSSR count). The maximum Gasteiger partial charge on any atom is 0.409 e. The summed E-state index contributed by atoms with van der Waals surface area (Å²) in [5, 5.41) is 3.36. The van der Waals surface area contributed by atoms with Gasteiger partial charge in [0.05, 0.1) is 12.5 Å². The molecule has 8 nitrogen and oxygen atoms in total. The third-order valence-electron chi connectivity index (χ3n) is 4.71. The number of hydrogen-bond donors (Lipinski definition) is 2. The molecule has 1 fully saturated rings. The third kappa shape index (κ3) is 4.90. The van der Waals surface area contributed by atoms with E-state index in [4.69, 9.17) is 14.9 Å². The number of nitrogens with one attached hydrogen (secondary N) is 1. The molecule has 0 bridgehead atoms. The summed E-state index contributed by atoms with van der Waals surface area (Å²) in [4.78, 5) is 38.5. The van der Waals surface area contributed by atoms with E-state index in [0.29, 0.717) is 37.0 Å². The van der Waals surface area contributed by atoms with Crippen molar-refractivity contribution in [2.45, 2.75) is 26.7 Å². The molecule has 1 aromatic heterocycles. The molecule has 0 aliphatic carbocycles. The van der Waals surface area contributed by atoms with Crippen LogP contribution in [0, 0.1) is 11.8 Å². The van der Waals surface area contributed by atoms with Crippen LogP contribution in [0.2, 0.25) is 0 Å². The summed E-state index contributed by atoms with van der Waals surface area (Å²) in [5.41, 5.74) is 6.12. The van der Waals surface area contributed by atoms with Crippen LogP contribution in [0.3, 0.4) is 0 Å². The van der Waals surface area contributed by atoms with E-state index in [9.17, 15) is 14.4 Å². The maximum absolute atomic E-state index is 12.9. The van der Waals surface area contributed by atoms with Crippen molar-refractivity contribution < 1.29 is 23.5 Å². The zero-order chi connectivity index (χ0) is 21.1. The monoisotopic (exact) mass is 465 g/mol. The van der Waals surface area contributed by atoms with Gasteiger partial charge < -0.3 is 25.1 Å². The van der Waals surface area contributed by atoms with Crippen LogP contribution in [0.15, 0.2) is 27.1 Å². The highest BCUT2D eigenvalue weighted by atomic mass is 79.9. The number of fused-ring (bicyclic) bond motifs is 1. The number of likely N-dealkylation sites (tertiary alicyclic amines) is 1. The van der Waals surface area contributed by atoms with E-state index < -0.39 is 17.9 Å². The van der Waals surface area contributed by atoms with Gasteiger partial charge in [0.25, 0.3) is 5.91 Å². The number of halogens is 1. The lowest BCUT2D eigenvalue weighted by atomic mass is 9.97. The Labute approximate surface area is 176 Å². The van der Waals surface area contributed by atoms with Crippen LogP contribution in [-0.2, 0) is 9.53 Å². The van der Waals surface area contributed by atoms with Gasteiger partial charge in [-0.05, 0) is 37.0 Å². The molecule has 0 spiro atoms. The van der Waals surface area contributed by atoms with Crippen molar-refractivity contribution in [1.29, 1.82) is 0 Å². The van der Waals surface area contributed by atoms with Crippen LogP contribution in [0.1, 0.15) is 37.2 Å². The van der Waals surface area contributed by atoms with E-state index in [-0.39, 0.29) is 29.8 Å². The standard InChI is InChI=1S/C20H24BrN3O5/c1-11(2)10-28-20(27)24-7-3-4-12(9-24)19(26)23-16-14-8-13(21)5-6-15(14)29-17(16)18(22)25/h5-6,8,11-12H,3-4,7,9-10H2,1-2H3,(H2,22,25)(H,23,26). The van der Waals surface area contributed by atoms with Gasteiger partial charge in [0.15, 0.2) is 0 Å². The third-order valence-corrected chi connectivity index (χ3v) is 5.21. The summed E-state index contributed by atoms with van der Waals surface area (Å²) in [7, 11) is 0. The van der Waals surface area contributed by atoms with Crippen LogP contribution >= 0.6 is 15.9 Å². The fourth-order valence-corrected chi connectivity index (χ4v) is 3.64. The fraction of sp³-hybridized carbons (Fsp3) is 0.450. The number of benzene rings is 1. The second kappa shape index (κ2) is 8.86. The number of carbonyl (C=O) groups is 3. The van der Waals surface area contributed by atoms with E-state index >= 15 is 0 Å². The van der Waals surface area contributed by atoms with Gasteiger partial charge >= 0.3 is 6.09 Å². The van der Waals surface area contributed by atoms with Crippen LogP contribution in [0.4, 0.5) is 10.5 Å². The molecule has 0 radical (unpaired) electrons. The molecule has 0 saturated carbocycles. The van der Waals surface area contributed by atoms with Gasteiger partial charge in [-0.1, -0.05) is 29.8 Å². The number of hydrogen-bond acceptors (Lipinski definition) is 5. The highest BCUT2D eigenvalue weighted by molar-refractivity contribution is 9.10. The van der Waals surface area contributed by atoms with E-state index in [1.54, 1.807) is 23.1 Å². The Kier molecular flexibility index (Phi) is 6.46. The number of nitrogens with two attached hydrogens (primary N) is 1. The van der Waals surface area contributed by atoms with Crippen LogP contribution in [-0.4, -0.2) is 42.5 Å². The summed E-state index contributed by atoms with van der Waals surface area (Å²) in [6.45, 7) is 5.07. The van der Waals surface area contributed by atoms with Crippen molar-refractivity contribution >= 4 is 50.5 Å². The first kappa shape index (κ1) is 21.2. The van der Waals surface area contributed by atoms with Gasteiger partial charge in [0, 0.05) is 22.9 Å². The average Bonchev–Trinajstić information content (AvgIpc) is 3.04. The van der Waals surface area contributed by atoms with Gasteiger partial charge in [0.2, 0.25) is 11.7 Å². The Balaban J connectivity index is 1.76. The molecule has 1 aliphatic heterocycles. The maximum atomic E-state index is 12.9. The summed E-state index contributed by atoms with van der Waals surface area (Å²) >= 11 is 3.38. The average molecular weight is 466 g/mol. The molecule has 1 saturated heterocycles. The Bertz CT molecular complexity index is 940. The molecule has 156 valence electrons. The molecule has 1 unspecified atom stereocenters. The predicted octanol–water partition coefficient (Wildman–Crippen LogP) is 3.74. The Morgan fingerprint density at radius 1 is 1.38 bits per heavy atom. The highest BCUT2D eigenvalue weighted by Gasteiger charge is 2.31. The summed E-state index contributed by atoms with van der Waals surface area (Å²) in [6.07, 6.45) is 0.909. The molecular formula is C20H24BrN3O5. The van der Waals surface area contributed by atoms with Gasteiger partial charge in [-0.3, -0.25) is 9.59 Å². The van der Waals surface area contributed by atoms with Crippen molar-refractivity contribution in [3.8, 4) is 0 Å². The summed E-state index contributed by atoms with van der Waals surface area (Å²) < 4.78 is 11.6. The quantitative estimate of drug-likeness (QED) is 0.697. The van der Waals surface area contributed by atoms with Gasteiger partial charge in [-0.2, -0.15) is 0 Å². The zero-order valence-electron chi connectivity index (χ0n) is 16.4. The Hall–Kier alpha value is -2.55. The van der Waals surface area contributed by atoms with Crippen molar-refractivity contribution in [2.75, 3.05) is 25.0 Å².